The zero-order valence-corrected chi connectivity index (χ0v) is 9.95. The lowest BCUT2D eigenvalue weighted by molar-refractivity contribution is -0.0321. The van der Waals surface area contributed by atoms with Gasteiger partial charge in [0.25, 0.3) is 0 Å². The molecule has 1 unspecified atom stereocenters. The molecule has 2 saturated carbocycles. The molecule has 0 saturated heterocycles. The molecule has 0 radical (unpaired) electrons. The molecule has 0 aliphatic heterocycles. The summed E-state index contributed by atoms with van der Waals surface area (Å²) in [5, 5.41) is 19.4. The third-order valence-corrected chi connectivity index (χ3v) is 5.14. The Hall–Kier alpha value is -0.0800. The van der Waals surface area contributed by atoms with Gasteiger partial charge in [-0.05, 0) is 48.9 Å². The molecule has 2 aliphatic carbocycles. The Balaban J connectivity index is 2.17. The van der Waals surface area contributed by atoms with Crippen LogP contribution in [0.5, 0.6) is 0 Å². The summed E-state index contributed by atoms with van der Waals surface area (Å²) in [4.78, 5) is 0. The van der Waals surface area contributed by atoms with Gasteiger partial charge in [-0.2, -0.15) is 0 Å². The maximum absolute atomic E-state index is 10.1. The second kappa shape index (κ2) is 4.06. The molecule has 0 amide bonds. The first kappa shape index (κ1) is 11.4. The van der Waals surface area contributed by atoms with Gasteiger partial charge in [-0.25, -0.2) is 0 Å². The molecule has 0 heterocycles. The second-order valence-corrected chi connectivity index (χ2v) is 5.92. The van der Waals surface area contributed by atoms with Crippen molar-refractivity contribution in [2.24, 2.45) is 23.2 Å². The lowest BCUT2D eigenvalue weighted by Gasteiger charge is -2.45. The number of aliphatic hydroxyl groups is 2. The summed E-state index contributed by atoms with van der Waals surface area (Å²) >= 11 is 0. The van der Waals surface area contributed by atoms with E-state index in [9.17, 15) is 10.2 Å². The summed E-state index contributed by atoms with van der Waals surface area (Å²) in [7, 11) is 0. The van der Waals surface area contributed by atoms with Gasteiger partial charge in [-0.1, -0.05) is 20.3 Å². The van der Waals surface area contributed by atoms with Crippen LogP contribution in [-0.4, -0.2) is 22.9 Å². The number of hydrogen-bond acceptors (Lipinski definition) is 2. The van der Waals surface area contributed by atoms with Crippen molar-refractivity contribution < 1.29 is 10.2 Å². The van der Waals surface area contributed by atoms with Crippen LogP contribution in [0.15, 0.2) is 0 Å². The van der Waals surface area contributed by atoms with Gasteiger partial charge in [0, 0.05) is 6.61 Å². The lowest BCUT2D eigenvalue weighted by Crippen LogP contribution is -2.41. The monoisotopic (exact) mass is 212 g/mol. The van der Waals surface area contributed by atoms with Gasteiger partial charge in [-0.15, -0.1) is 0 Å². The molecule has 0 bridgehead atoms. The van der Waals surface area contributed by atoms with E-state index in [2.05, 4.69) is 13.8 Å². The molecule has 2 fully saturated rings. The van der Waals surface area contributed by atoms with E-state index in [1.165, 1.54) is 12.8 Å². The highest BCUT2D eigenvalue weighted by Crippen LogP contribution is 2.57. The van der Waals surface area contributed by atoms with Crippen LogP contribution in [0.3, 0.4) is 0 Å². The van der Waals surface area contributed by atoms with Crippen molar-refractivity contribution in [2.45, 2.75) is 52.1 Å². The molecule has 2 heteroatoms. The SMILES string of the molecule is C[C@H](CO)[C@H]1CC[C@H]2C(O)CCC[C@]12C. The molecule has 88 valence electrons. The van der Waals surface area contributed by atoms with Crippen molar-refractivity contribution >= 4 is 0 Å². The van der Waals surface area contributed by atoms with Crippen LogP contribution in [0.25, 0.3) is 0 Å². The molecule has 2 nitrogen and oxygen atoms in total. The standard InChI is InChI=1S/C13H24O2/c1-9(8-14)10-5-6-11-12(15)4-3-7-13(10,11)2/h9-12,14-15H,3-8H2,1-2H3/t9-,10-,11+,12?,13-/m1/s1. The Morgan fingerprint density at radius 1 is 1.33 bits per heavy atom. The Morgan fingerprint density at radius 3 is 2.73 bits per heavy atom. The van der Waals surface area contributed by atoms with E-state index < -0.39 is 0 Å². The zero-order valence-electron chi connectivity index (χ0n) is 9.95. The van der Waals surface area contributed by atoms with Gasteiger partial charge in [0.05, 0.1) is 6.10 Å². The summed E-state index contributed by atoms with van der Waals surface area (Å²) in [6, 6.07) is 0. The van der Waals surface area contributed by atoms with E-state index in [1.54, 1.807) is 0 Å². The Labute approximate surface area is 92.7 Å². The van der Waals surface area contributed by atoms with Gasteiger partial charge in [0.15, 0.2) is 0 Å². The molecular formula is C13H24O2. The van der Waals surface area contributed by atoms with Crippen LogP contribution in [0.4, 0.5) is 0 Å². The van der Waals surface area contributed by atoms with Gasteiger partial charge < -0.3 is 10.2 Å². The quantitative estimate of drug-likeness (QED) is 0.736. The van der Waals surface area contributed by atoms with E-state index in [-0.39, 0.29) is 6.10 Å². The zero-order chi connectivity index (χ0) is 11.1. The van der Waals surface area contributed by atoms with E-state index in [0.29, 0.717) is 29.8 Å². The summed E-state index contributed by atoms with van der Waals surface area (Å²) in [5.41, 5.74) is 0.291. The van der Waals surface area contributed by atoms with Crippen LogP contribution in [0.1, 0.15) is 46.0 Å². The Morgan fingerprint density at radius 2 is 2.07 bits per heavy atom. The lowest BCUT2D eigenvalue weighted by atomic mass is 9.62. The average molecular weight is 212 g/mol. The van der Waals surface area contributed by atoms with Crippen LogP contribution >= 0.6 is 0 Å². The summed E-state index contributed by atoms with van der Waals surface area (Å²) in [6.45, 7) is 4.78. The minimum atomic E-state index is -0.0837. The third-order valence-electron chi connectivity index (χ3n) is 5.14. The normalized spacial score (nSPS) is 47.6. The van der Waals surface area contributed by atoms with E-state index in [1.807, 2.05) is 0 Å². The van der Waals surface area contributed by atoms with Crippen molar-refractivity contribution in [3.63, 3.8) is 0 Å². The molecule has 5 atom stereocenters. The fourth-order valence-corrected chi connectivity index (χ4v) is 4.25. The largest absolute Gasteiger partial charge is 0.396 e. The second-order valence-electron chi connectivity index (χ2n) is 5.92. The van der Waals surface area contributed by atoms with Crippen LogP contribution in [0.2, 0.25) is 0 Å². The number of hydrogen-bond donors (Lipinski definition) is 2. The molecule has 0 aromatic carbocycles. The fourth-order valence-electron chi connectivity index (χ4n) is 4.25. The minimum Gasteiger partial charge on any atom is -0.396 e. The van der Waals surface area contributed by atoms with Crippen molar-refractivity contribution in [2.75, 3.05) is 6.61 Å². The topological polar surface area (TPSA) is 40.5 Å². The number of rotatable bonds is 2. The highest BCUT2D eigenvalue weighted by molar-refractivity contribution is 5.01. The van der Waals surface area contributed by atoms with Crippen molar-refractivity contribution in [3.05, 3.63) is 0 Å². The fraction of sp³-hybridized carbons (Fsp3) is 1.00. The number of aliphatic hydroxyl groups excluding tert-OH is 2. The predicted octanol–water partition coefficient (Wildman–Crippen LogP) is 2.19. The smallest absolute Gasteiger partial charge is 0.0573 e. The van der Waals surface area contributed by atoms with E-state index >= 15 is 0 Å². The molecule has 2 aliphatic rings. The number of fused-ring (bicyclic) bond motifs is 1. The molecule has 0 aromatic heterocycles. The van der Waals surface area contributed by atoms with Gasteiger partial charge in [0.2, 0.25) is 0 Å². The maximum atomic E-state index is 10.1. The predicted molar refractivity (Wildman–Crippen MR) is 60.4 cm³/mol. The van der Waals surface area contributed by atoms with Crippen molar-refractivity contribution in [3.8, 4) is 0 Å². The highest BCUT2D eigenvalue weighted by Gasteiger charge is 2.51. The Bertz CT molecular complexity index is 229. The molecule has 15 heavy (non-hydrogen) atoms. The summed E-state index contributed by atoms with van der Waals surface area (Å²) in [5.74, 6) is 1.50. The van der Waals surface area contributed by atoms with Crippen LogP contribution in [0, 0.1) is 23.2 Å². The van der Waals surface area contributed by atoms with Gasteiger partial charge >= 0.3 is 0 Å². The molecule has 0 aromatic rings. The van der Waals surface area contributed by atoms with Gasteiger partial charge in [-0.3, -0.25) is 0 Å². The molecule has 0 spiro atoms. The molecular weight excluding hydrogens is 188 g/mol. The molecule has 2 rings (SSSR count). The Kier molecular flexibility index (Phi) is 3.09. The molecule has 2 N–H and O–H groups in total. The average Bonchev–Trinajstić information content (AvgIpc) is 2.56. The highest BCUT2D eigenvalue weighted by atomic mass is 16.3. The van der Waals surface area contributed by atoms with Crippen molar-refractivity contribution in [1.29, 1.82) is 0 Å². The first-order valence-electron chi connectivity index (χ1n) is 6.38. The first-order valence-corrected chi connectivity index (χ1v) is 6.38. The van der Waals surface area contributed by atoms with Gasteiger partial charge in [0.1, 0.15) is 0 Å². The van der Waals surface area contributed by atoms with Crippen LogP contribution < -0.4 is 0 Å². The first-order chi connectivity index (χ1) is 7.09. The third kappa shape index (κ3) is 1.72. The van der Waals surface area contributed by atoms with E-state index in [4.69, 9.17) is 0 Å². The van der Waals surface area contributed by atoms with E-state index in [0.717, 1.165) is 19.3 Å². The maximum Gasteiger partial charge on any atom is 0.0573 e. The summed E-state index contributed by atoms with van der Waals surface area (Å²) in [6.07, 6.45) is 5.65. The van der Waals surface area contributed by atoms with Crippen LogP contribution in [-0.2, 0) is 0 Å². The van der Waals surface area contributed by atoms with Crippen molar-refractivity contribution in [1.82, 2.24) is 0 Å². The summed E-state index contributed by atoms with van der Waals surface area (Å²) < 4.78 is 0. The minimum absolute atomic E-state index is 0.0837.